The van der Waals surface area contributed by atoms with Crippen molar-refractivity contribution in [1.29, 1.82) is 0 Å². The highest BCUT2D eigenvalue weighted by molar-refractivity contribution is 5.64. The van der Waals surface area contributed by atoms with Crippen molar-refractivity contribution in [2.45, 2.75) is 25.7 Å². The summed E-state index contributed by atoms with van der Waals surface area (Å²) in [7, 11) is 0. The van der Waals surface area contributed by atoms with Gasteiger partial charge in [0.1, 0.15) is 6.29 Å². The molecule has 0 aliphatic heterocycles. The minimum atomic E-state index is -0.246. The normalized spacial score (nSPS) is 24.0. The van der Waals surface area contributed by atoms with E-state index in [0.717, 1.165) is 32.0 Å². The topological polar surface area (TPSA) is 17.1 Å². The van der Waals surface area contributed by atoms with Crippen LogP contribution >= 0.6 is 0 Å². The van der Waals surface area contributed by atoms with Crippen molar-refractivity contribution in [3.63, 3.8) is 0 Å². The summed E-state index contributed by atoms with van der Waals surface area (Å²) in [5.41, 5.74) is 0.942. The van der Waals surface area contributed by atoms with Gasteiger partial charge in [-0.2, -0.15) is 0 Å². The van der Waals surface area contributed by atoms with Crippen molar-refractivity contribution in [2.24, 2.45) is 5.41 Å². The molecular formula is C16H18O. The molecule has 1 aromatic rings. The van der Waals surface area contributed by atoms with Crippen LogP contribution in [0.2, 0.25) is 0 Å². The van der Waals surface area contributed by atoms with Crippen molar-refractivity contribution in [1.82, 2.24) is 0 Å². The summed E-state index contributed by atoms with van der Waals surface area (Å²) >= 11 is 0. The fourth-order valence-corrected chi connectivity index (χ4v) is 2.25. The van der Waals surface area contributed by atoms with E-state index >= 15 is 0 Å². The monoisotopic (exact) mass is 226 g/mol. The van der Waals surface area contributed by atoms with Crippen LogP contribution in [0.4, 0.5) is 0 Å². The second-order valence-electron chi connectivity index (χ2n) is 4.66. The Labute approximate surface area is 103 Å². The van der Waals surface area contributed by atoms with Crippen molar-refractivity contribution >= 4 is 12.4 Å². The summed E-state index contributed by atoms with van der Waals surface area (Å²) in [5.74, 6) is 0. The molecule has 0 radical (unpaired) electrons. The average Bonchev–Trinajstić information content (AvgIpc) is 2.41. The van der Waals surface area contributed by atoms with Gasteiger partial charge in [-0.25, -0.2) is 0 Å². The summed E-state index contributed by atoms with van der Waals surface area (Å²) in [6.45, 7) is 0. The molecule has 0 amide bonds. The number of benzene rings is 1. The Bertz CT molecular complexity index is 416. The number of rotatable bonds is 4. The highest BCUT2D eigenvalue weighted by atomic mass is 16.1. The summed E-state index contributed by atoms with van der Waals surface area (Å²) in [6.07, 6.45) is 13.5. The second-order valence-corrected chi connectivity index (χ2v) is 4.66. The minimum Gasteiger partial charge on any atom is -0.302 e. The predicted octanol–water partition coefficient (Wildman–Crippen LogP) is 4.02. The molecule has 0 N–H and O–H groups in total. The Balaban J connectivity index is 2.01. The zero-order valence-electron chi connectivity index (χ0n) is 10.0. The summed E-state index contributed by atoms with van der Waals surface area (Å²) in [6, 6.07) is 10.2. The maximum Gasteiger partial charge on any atom is 0.130 e. The van der Waals surface area contributed by atoms with Crippen LogP contribution in [-0.4, -0.2) is 6.29 Å². The van der Waals surface area contributed by atoms with Crippen LogP contribution in [0.15, 0.2) is 48.6 Å². The SMILES string of the molecule is O=CC1(C/C=C/c2ccccc2)C=CCCC1. The van der Waals surface area contributed by atoms with E-state index in [-0.39, 0.29) is 5.41 Å². The second kappa shape index (κ2) is 5.62. The first-order valence-electron chi connectivity index (χ1n) is 6.20. The van der Waals surface area contributed by atoms with E-state index in [0.29, 0.717) is 0 Å². The van der Waals surface area contributed by atoms with Gasteiger partial charge in [0.15, 0.2) is 0 Å². The highest BCUT2D eigenvalue weighted by Crippen LogP contribution is 2.32. The Morgan fingerprint density at radius 1 is 1.24 bits per heavy atom. The third-order valence-corrected chi connectivity index (χ3v) is 3.31. The van der Waals surface area contributed by atoms with Gasteiger partial charge in [0.2, 0.25) is 0 Å². The molecular weight excluding hydrogens is 208 g/mol. The molecule has 17 heavy (non-hydrogen) atoms. The number of hydrogen-bond donors (Lipinski definition) is 0. The number of aldehydes is 1. The van der Waals surface area contributed by atoms with Crippen molar-refractivity contribution in [2.75, 3.05) is 0 Å². The molecule has 2 rings (SSSR count). The van der Waals surface area contributed by atoms with Crippen LogP contribution < -0.4 is 0 Å². The summed E-state index contributed by atoms with van der Waals surface area (Å²) < 4.78 is 0. The maximum absolute atomic E-state index is 11.2. The lowest BCUT2D eigenvalue weighted by atomic mass is 9.77. The van der Waals surface area contributed by atoms with Crippen LogP contribution in [0.1, 0.15) is 31.2 Å². The molecule has 1 aliphatic rings. The van der Waals surface area contributed by atoms with Crippen LogP contribution in [0.5, 0.6) is 0 Å². The fourth-order valence-electron chi connectivity index (χ4n) is 2.25. The summed E-state index contributed by atoms with van der Waals surface area (Å²) in [4.78, 5) is 11.2. The van der Waals surface area contributed by atoms with Gasteiger partial charge in [0.05, 0.1) is 0 Å². The molecule has 0 fully saturated rings. The Kier molecular flexibility index (Phi) is 3.92. The molecule has 88 valence electrons. The third-order valence-electron chi connectivity index (χ3n) is 3.31. The third kappa shape index (κ3) is 3.16. The van der Waals surface area contributed by atoms with E-state index < -0.39 is 0 Å². The van der Waals surface area contributed by atoms with Crippen molar-refractivity contribution < 1.29 is 4.79 Å². The Hall–Kier alpha value is -1.63. The zero-order valence-corrected chi connectivity index (χ0v) is 10.0. The molecule has 1 atom stereocenters. The predicted molar refractivity (Wildman–Crippen MR) is 71.6 cm³/mol. The molecule has 0 bridgehead atoms. The van der Waals surface area contributed by atoms with Crippen LogP contribution in [-0.2, 0) is 4.79 Å². The quantitative estimate of drug-likeness (QED) is 0.560. The average molecular weight is 226 g/mol. The molecule has 0 spiro atoms. The van der Waals surface area contributed by atoms with Crippen LogP contribution in [0, 0.1) is 5.41 Å². The fraction of sp³-hybridized carbons (Fsp3) is 0.312. The molecule has 0 aromatic heterocycles. The molecule has 1 nitrogen and oxygen atoms in total. The van der Waals surface area contributed by atoms with Crippen LogP contribution in [0.25, 0.3) is 6.08 Å². The molecule has 1 aromatic carbocycles. The largest absolute Gasteiger partial charge is 0.302 e. The molecule has 0 heterocycles. The van der Waals surface area contributed by atoms with E-state index in [1.807, 2.05) is 18.2 Å². The van der Waals surface area contributed by atoms with Crippen LogP contribution in [0.3, 0.4) is 0 Å². The summed E-state index contributed by atoms with van der Waals surface area (Å²) in [5, 5.41) is 0. The Morgan fingerprint density at radius 3 is 2.71 bits per heavy atom. The van der Waals surface area contributed by atoms with Gasteiger partial charge in [-0.3, -0.25) is 0 Å². The first-order chi connectivity index (χ1) is 8.35. The van der Waals surface area contributed by atoms with Crippen molar-refractivity contribution in [3.8, 4) is 0 Å². The lowest BCUT2D eigenvalue weighted by Gasteiger charge is -2.25. The van der Waals surface area contributed by atoms with E-state index in [2.05, 4.69) is 36.4 Å². The molecule has 1 aliphatic carbocycles. The number of carbonyl (C=O) groups excluding carboxylic acids is 1. The van der Waals surface area contributed by atoms with Gasteiger partial charge in [-0.15, -0.1) is 0 Å². The van der Waals surface area contributed by atoms with E-state index in [4.69, 9.17) is 0 Å². The first-order valence-corrected chi connectivity index (χ1v) is 6.20. The van der Waals surface area contributed by atoms with Gasteiger partial charge < -0.3 is 4.79 Å². The van der Waals surface area contributed by atoms with Gasteiger partial charge in [-0.05, 0) is 31.2 Å². The first kappa shape index (κ1) is 11.8. The molecule has 1 unspecified atom stereocenters. The zero-order chi connectivity index (χ0) is 12.0. The number of allylic oxidation sites excluding steroid dienone is 3. The molecule has 1 heteroatoms. The highest BCUT2D eigenvalue weighted by Gasteiger charge is 2.26. The van der Waals surface area contributed by atoms with E-state index in [1.165, 1.54) is 5.56 Å². The van der Waals surface area contributed by atoms with Crippen molar-refractivity contribution in [3.05, 3.63) is 54.1 Å². The number of hydrogen-bond acceptors (Lipinski definition) is 1. The lowest BCUT2D eigenvalue weighted by molar-refractivity contribution is -0.114. The molecule has 0 saturated heterocycles. The number of carbonyl (C=O) groups is 1. The van der Waals surface area contributed by atoms with Gasteiger partial charge in [-0.1, -0.05) is 54.6 Å². The molecule has 0 saturated carbocycles. The van der Waals surface area contributed by atoms with Gasteiger partial charge in [0, 0.05) is 5.41 Å². The van der Waals surface area contributed by atoms with Gasteiger partial charge in [0.25, 0.3) is 0 Å². The standard InChI is InChI=1S/C16H18O/c17-14-16(11-5-2-6-12-16)13-7-10-15-8-3-1-4-9-15/h1,3-5,7-11,14H,2,6,12-13H2/b10-7+. The van der Waals surface area contributed by atoms with Gasteiger partial charge >= 0.3 is 0 Å². The van der Waals surface area contributed by atoms with E-state index in [1.54, 1.807) is 0 Å². The maximum atomic E-state index is 11.2. The smallest absolute Gasteiger partial charge is 0.130 e. The lowest BCUT2D eigenvalue weighted by Crippen LogP contribution is -2.21. The minimum absolute atomic E-state index is 0.246. The Morgan fingerprint density at radius 2 is 2.06 bits per heavy atom. The van der Waals surface area contributed by atoms with E-state index in [9.17, 15) is 4.79 Å².